The van der Waals surface area contributed by atoms with E-state index in [9.17, 15) is 0 Å². The zero-order valence-electron chi connectivity index (χ0n) is 5.84. The second-order valence-electron chi connectivity index (χ2n) is 2.37. The molecule has 0 unspecified atom stereocenters. The smallest absolute Gasteiger partial charge is 0.0530 e. The van der Waals surface area contributed by atoms with Crippen LogP contribution in [-0.2, 0) is 5.33 Å². The molecule has 0 amide bonds. The van der Waals surface area contributed by atoms with E-state index in [-0.39, 0.29) is 0 Å². The molecule has 0 aliphatic carbocycles. The number of hydrogen-bond acceptors (Lipinski definition) is 1. The number of nitrogens with one attached hydrogen (secondary N) is 1. The number of pyridine rings is 1. The molecule has 0 bridgehead atoms. The Morgan fingerprint density at radius 3 is 3.27 bits per heavy atom. The SMILES string of the molecule is BrCc1cc2[nH]ccc2cn1. The minimum Gasteiger partial charge on any atom is -0.361 e. The maximum Gasteiger partial charge on any atom is 0.0530 e. The average molecular weight is 211 g/mol. The summed E-state index contributed by atoms with van der Waals surface area (Å²) in [5, 5.41) is 1.97. The van der Waals surface area contributed by atoms with Gasteiger partial charge in [-0.2, -0.15) is 0 Å². The number of nitrogens with zero attached hydrogens (tertiary/aromatic N) is 1. The average Bonchev–Trinajstić information content (AvgIpc) is 2.50. The lowest BCUT2D eigenvalue weighted by molar-refractivity contribution is 1.20. The Hall–Kier alpha value is -0.830. The van der Waals surface area contributed by atoms with Crippen LogP contribution in [-0.4, -0.2) is 9.97 Å². The van der Waals surface area contributed by atoms with E-state index in [0.29, 0.717) is 0 Å². The van der Waals surface area contributed by atoms with Crippen molar-refractivity contribution in [3.8, 4) is 0 Å². The molecule has 3 heteroatoms. The summed E-state index contributed by atoms with van der Waals surface area (Å²) in [5.41, 5.74) is 2.20. The number of aromatic nitrogens is 2. The summed E-state index contributed by atoms with van der Waals surface area (Å²) in [4.78, 5) is 7.36. The first-order valence-electron chi connectivity index (χ1n) is 3.38. The van der Waals surface area contributed by atoms with Gasteiger partial charge in [0.2, 0.25) is 0 Å². The van der Waals surface area contributed by atoms with E-state index in [1.54, 1.807) is 0 Å². The first-order valence-corrected chi connectivity index (χ1v) is 4.50. The minimum atomic E-state index is 0.808. The van der Waals surface area contributed by atoms with Crippen molar-refractivity contribution in [2.24, 2.45) is 0 Å². The van der Waals surface area contributed by atoms with Crippen molar-refractivity contribution in [1.82, 2.24) is 9.97 Å². The van der Waals surface area contributed by atoms with Gasteiger partial charge in [0.05, 0.1) is 5.69 Å². The van der Waals surface area contributed by atoms with Gasteiger partial charge < -0.3 is 4.98 Å². The highest BCUT2D eigenvalue weighted by Gasteiger charge is 1.95. The Balaban J connectivity index is 2.67. The van der Waals surface area contributed by atoms with Crippen molar-refractivity contribution in [3.63, 3.8) is 0 Å². The molecule has 2 aromatic heterocycles. The molecule has 0 atom stereocenters. The first-order chi connectivity index (χ1) is 5.40. The molecule has 0 aromatic carbocycles. The van der Waals surface area contributed by atoms with Crippen molar-refractivity contribution >= 4 is 26.8 Å². The van der Waals surface area contributed by atoms with Gasteiger partial charge in [-0.25, -0.2) is 0 Å². The van der Waals surface area contributed by atoms with E-state index in [1.807, 2.05) is 24.5 Å². The third kappa shape index (κ3) is 1.16. The molecule has 2 nitrogen and oxygen atoms in total. The Morgan fingerprint density at radius 2 is 2.45 bits per heavy atom. The lowest BCUT2D eigenvalue weighted by Crippen LogP contribution is -1.82. The maximum atomic E-state index is 4.23. The summed E-state index contributed by atoms with van der Waals surface area (Å²) < 4.78 is 0. The Labute approximate surface area is 72.8 Å². The summed E-state index contributed by atoms with van der Waals surface area (Å²) in [6, 6.07) is 4.06. The molecule has 0 fully saturated rings. The molecule has 1 N–H and O–H groups in total. The molecule has 0 spiro atoms. The molecule has 56 valence electrons. The molecule has 0 saturated heterocycles. The normalized spacial score (nSPS) is 10.6. The van der Waals surface area contributed by atoms with Crippen LogP contribution in [0.4, 0.5) is 0 Å². The largest absolute Gasteiger partial charge is 0.361 e. The van der Waals surface area contributed by atoms with E-state index < -0.39 is 0 Å². The monoisotopic (exact) mass is 210 g/mol. The van der Waals surface area contributed by atoms with E-state index >= 15 is 0 Å². The topological polar surface area (TPSA) is 28.7 Å². The fourth-order valence-electron chi connectivity index (χ4n) is 1.06. The zero-order chi connectivity index (χ0) is 7.68. The van der Waals surface area contributed by atoms with Gasteiger partial charge in [0.1, 0.15) is 0 Å². The molecule has 2 aromatic rings. The number of rotatable bonds is 1. The number of alkyl halides is 1. The zero-order valence-corrected chi connectivity index (χ0v) is 7.43. The fraction of sp³-hybridized carbons (Fsp3) is 0.125. The van der Waals surface area contributed by atoms with E-state index in [4.69, 9.17) is 0 Å². The standard InChI is InChI=1S/C8H7BrN2/c9-4-7-3-8-6(5-11-7)1-2-10-8/h1-3,5,10H,4H2. The number of H-pyrrole nitrogens is 1. The van der Waals surface area contributed by atoms with Gasteiger partial charge >= 0.3 is 0 Å². The lowest BCUT2D eigenvalue weighted by Gasteiger charge is -1.93. The minimum absolute atomic E-state index is 0.808. The summed E-state index contributed by atoms with van der Waals surface area (Å²) in [5.74, 6) is 0. The first kappa shape index (κ1) is 6.85. The number of hydrogen-bond donors (Lipinski definition) is 1. The van der Waals surface area contributed by atoms with Gasteiger partial charge in [-0.05, 0) is 12.1 Å². The van der Waals surface area contributed by atoms with Crippen LogP contribution in [0.15, 0.2) is 24.5 Å². The van der Waals surface area contributed by atoms with E-state index in [1.165, 1.54) is 0 Å². The summed E-state index contributed by atoms with van der Waals surface area (Å²) in [7, 11) is 0. The van der Waals surface area contributed by atoms with Crippen LogP contribution in [0, 0.1) is 0 Å². The summed E-state index contributed by atoms with van der Waals surface area (Å²) in [6.07, 6.45) is 3.80. The molecule has 2 rings (SSSR count). The highest BCUT2D eigenvalue weighted by molar-refractivity contribution is 9.08. The van der Waals surface area contributed by atoms with Crippen LogP contribution in [0.5, 0.6) is 0 Å². The van der Waals surface area contributed by atoms with E-state index in [2.05, 4.69) is 25.9 Å². The highest BCUT2D eigenvalue weighted by atomic mass is 79.9. The van der Waals surface area contributed by atoms with Gasteiger partial charge in [0.25, 0.3) is 0 Å². The van der Waals surface area contributed by atoms with Crippen molar-refractivity contribution < 1.29 is 0 Å². The second kappa shape index (κ2) is 2.66. The lowest BCUT2D eigenvalue weighted by atomic mass is 10.3. The molecule has 0 aliphatic heterocycles. The predicted molar refractivity (Wildman–Crippen MR) is 48.7 cm³/mol. The summed E-state index contributed by atoms with van der Waals surface area (Å²) >= 11 is 3.36. The van der Waals surface area contributed by atoms with Gasteiger partial charge in [0.15, 0.2) is 0 Å². The van der Waals surface area contributed by atoms with Crippen molar-refractivity contribution in [3.05, 3.63) is 30.2 Å². The Kier molecular flexibility index (Phi) is 1.66. The Morgan fingerprint density at radius 1 is 1.55 bits per heavy atom. The van der Waals surface area contributed by atoms with Crippen LogP contribution < -0.4 is 0 Å². The van der Waals surface area contributed by atoms with Crippen LogP contribution in [0.3, 0.4) is 0 Å². The highest BCUT2D eigenvalue weighted by Crippen LogP contribution is 2.12. The van der Waals surface area contributed by atoms with Crippen molar-refractivity contribution in [2.75, 3.05) is 0 Å². The van der Waals surface area contributed by atoms with Gasteiger partial charge in [0, 0.05) is 28.6 Å². The molecule has 11 heavy (non-hydrogen) atoms. The van der Waals surface area contributed by atoms with Crippen LogP contribution in [0.2, 0.25) is 0 Å². The molecule has 2 heterocycles. The van der Waals surface area contributed by atoms with Gasteiger partial charge in [-0.15, -0.1) is 0 Å². The molecule has 0 aliphatic rings. The summed E-state index contributed by atoms with van der Waals surface area (Å²) in [6.45, 7) is 0. The number of aromatic amines is 1. The van der Waals surface area contributed by atoms with Gasteiger partial charge in [-0.3, -0.25) is 4.98 Å². The van der Waals surface area contributed by atoms with Crippen LogP contribution >= 0.6 is 15.9 Å². The Bertz CT molecular complexity index is 367. The predicted octanol–water partition coefficient (Wildman–Crippen LogP) is 2.46. The van der Waals surface area contributed by atoms with Crippen LogP contribution in [0.25, 0.3) is 10.9 Å². The molecule has 0 saturated carbocycles. The van der Waals surface area contributed by atoms with E-state index in [0.717, 1.165) is 21.9 Å². The fourth-order valence-corrected chi connectivity index (χ4v) is 1.37. The van der Waals surface area contributed by atoms with Crippen LogP contribution in [0.1, 0.15) is 5.69 Å². The van der Waals surface area contributed by atoms with Crippen molar-refractivity contribution in [1.29, 1.82) is 0 Å². The maximum absolute atomic E-state index is 4.23. The number of fused-ring (bicyclic) bond motifs is 1. The van der Waals surface area contributed by atoms with Gasteiger partial charge in [-0.1, -0.05) is 15.9 Å². The quantitative estimate of drug-likeness (QED) is 0.721. The molecular formula is C8H7BrN2. The third-order valence-corrected chi connectivity index (χ3v) is 2.20. The molecule has 0 radical (unpaired) electrons. The second-order valence-corrected chi connectivity index (χ2v) is 2.93. The van der Waals surface area contributed by atoms with Crippen molar-refractivity contribution in [2.45, 2.75) is 5.33 Å². The third-order valence-electron chi connectivity index (χ3n) is 1.63. The molecular weight excluding hydrogens is 204 g/mol. The number of halogens is 1.